The zero-order valence-electron chi connectivity index (χ0n) is 19.3. The Labute approximate surface area is 198 Å². The van der Waals surface area contributed by atoms with E-state index in [0.29, 0.717) is 41.9 Å². The van der Waals surface area contributed by atoms with Crippen molar-refractivity contribution in [2.75, 3.05) is 18.0 Å². The summed E-state index contributed by atoms with van der Waals surface area (Å²) in [5.41, 5.74) is 2.30. The number of piperazine rings is 1. The van der Waals surface area contributed by atoms with E-state index in [4.69, 9.17) is 0 Å². The minimum absolute atomic E-state index is 0.0542. The zero-order chi connectivity index (χ0) is 25.5. The van der Waals surface area contributed by atoms with E-state index < -0.39 is 17.9 Å². The Balaban J connectivity index is 1.60. The molecule has 1 fully saturated rings. The average molecular weight is 489 g/mol. The Morgan fingerprint density at radius 3 is 2.57 bits per heavy atom. The predicted molar refractivity (Wildman–Crippen MR) is 121 cm³/mol. The molecule has 0 amide bonds. The van der Waals surface area contributed by atoms with Gasteiger partial charge in [0, 0.05) is 44.8 Å². The molecule has 0 unspecified atom stereocenters. The number of rotatable bonds is 4. The molecule has 35 heavy (non-hydrogen) atoms. The number of pyridine rings is 2. The number of benzene rings is 1. The topological polar surface area (TPSA) is 74.4 Å². The maximum absolute atomic E-state index is 13.8. The number of hydrogen-bond donors (Lipinski definition) is 0. The number of anilines is 1. The molecule has 1 aromatic carbocycles. The summed E-state index contributed by atoms with van der Waals surface area (Å²) < 4.78 is 56.9. The third-order valence-electron chi connectivity index (χ3n) is 6.21. The van der Waals surface area contributed by atoms with Crippen molar-refractivity contribution in [3.63, 3.8) is 0 Å². The number of halogens is 4. The van der Waals surface area contributed by atoms with Gasteiger partial charge >= 0.3 is 6.36 Å². The van der Waals surface area contributed by atoms with Gasteiger partial charge in [-0.1, -0.05) is 6.07 Å². The second-order valence-electron chi connectivity index (χ2n) is 8.70. The van der Waals surface area contributed by atoms with Crippen LogP contribution in [-0.2, 0) is 13.6 Å². The Morgan fingerprint density at radius 1 is 1.14 bits per heavy atom. The minimum Gasteiger partial charge on any atom is -0.403 e. The van der Waals surface area contributed by atoms with Crippen molar-refractivity contribution in [3.8, 4) is 11.8 Å². The van der Waals surface area contributed by atoms with Crippen molar-refractivity contribution in [2.45, 2.75) is 38.8 Å². The number of nitriles is 1. The largest absolute Gasteiger partial charge is 0.573 e. The summed E-state index contributed by atoms with van der Waals surface area (Å²) in [6.45, 7) is 5.27. The predicted octanol–water partition coefficient (Wildman–Crippen LogP) is 3.94. The van der Waals surface area contributed by atoms with Crippen LogP contribution >= 0.6 is 0 Å². The molecule has 11 heteroatoms. The van der Waals surface area contributed by atoms with Crippen LogP contribution in [0.5, 0.6) is 5.75 Å². The number of aryl methyl sites for hydroxylation is 1. The van der Waals surface area contributed by atoms with Gasteiger partial charge in [0.25, 0.3) is 5.56 Å². The highest BCUT2D eigenvalue weighted by Crippen LogP contribution is 2.31. The van der Waals surface area contributed by atoms with Gasteiger partial charge in [0.1, 0.15) is 17.3 Å². The van der Waals surface area contributed by atoms with Crippen molar-refractivity contribution < 1.29 is 22.3 Å². The first kappa shape index (κ1) is 24.5. The molecule has 3 heterocycles. The number of alkyl halides is 3. The first-order chi connectivity index (χ1) is 16.5. The van der Waals surface area contributed by atoms with Gasteiger partial charge in [0.15, 0.2) is 11.6 Å². The lowest BCUT2D eigenvalue weighted by Gasteiger charge is -2.45. The van der Waals surface area contributed by atoms with Crippen LogP contribution in [0.1, 0.15) is 25.1 Å². The Morgan fingerprint density at radius 2 is 1.89 bits per heavy atom. The van der Waals surface area contributed by atoms with Gasteiger partial charge in [-0.25, -0.2) is 9.37 Å². The lowest BCUT2D eigenvalue weighted by atomic mass is 10.0. The van der Waals surface area contributed by atoms with Crippen molar-refractivity contribution in [1.82, 2.24) is 14.5 Å². The fourth-order valence-corrected chi connectivity index (χ4v) is 4.43. The molecule has 2 aromatic heterocycles. The van der Waals surface area contributed by atoms with Crippen LogP contribution in [0.25, 0.3) is 11.0 Å². The molecule has 1 aliphatic rings. The van der Waals surface area contributed by atoms with Gasteiger partial charge in [-0.15, -0.1) is 13.2 Å². The van der Waals surface area contributed by atoms with E-state index in [-0.39, 0.29) is 23.3 Å². The molecule has 2 atom stereocenters. The second kappa shape index (κ2) is 9.19. The zero-order valence-corrected chi connectivity index (χ0v) is 19.3. The van der Waals surface area contributed by atoms with Gasteiger partial charge < -0.3 is 14.2 Å². The van der Waals surface area contributed by atoms with E-state index in [1.54, 1.807) is 19.2 Å². The second-order valence-corrected chi connectivity index (χ2v) is 8.70. The van der Waals surface area contributed by atoms with Gasteiger partial charge in [-0.05, 0) is 43.7 Å². The number of ether oxygens (including phenoxy) is 1. The molecule has 7 nitrogen and oxygen atoms in total. The normalized spacial score (nSPS) is 19.1. The number of aromatic nitrogens is 2. The van der Waals surface area contributed by atoms with Crippen LogP contribution in [0.2, 0.25) is 0 Å². The summed E-state index contributed by atoms with van der Waals surface area (Å²) in [6, 6.07) is 10.1. The molecule has 0 N–H and O–H groups in total. The highest BCUT2D eigenvalue weighted by atomic mass is 19.4. The molecule has 1 aliphatic heterocycles. The van der Waals surface area contributed by atoms with Crippen LogP contribution in [0.15, 0.2) is 41.2 Å². The van der Waals surface area contributed by atoms with Gasteiger partial charge in [0.05, 0.1) is 11.2 Å². The molecular formula is C24H23F4N5O2. The van der Waals surface area contributed by atoms with E-state index in [0.717, 1.165) is 12.1 Å². The van der Waals surface area contributed by atoms with Crippen LogP contribution in [0.4, 0.5) is 23.2 Å². The molecule has 4 rings (SSSR count). The third-order valence-corrected chi connectivity index (χ3v) is 6.21. The SMILES string of the molecule is C[C@@H]1CN(c2cc(=O)n(C)c3ccc(C#N)nc23)[C@@H](C)CN1Cc1ccc(F)c(OC(F)(F)F)c1. The molecule has 0 aliphatic carbocycles. The summed E-state index contributed by atoms with van der Waals surface area (Å²) in [5.74, 6) is -1.95. The quantitative estimate of drug-likeness (QED) is 0.517. The van der Waals surface area contributed by atoms with Crippen molar-refractivity contribution in [2.24, 2.45) is 7.05 Å². The summed E-state index contributed by atoms with van der Waals surface area (Å²) in [5, 5.41) is 9.29. The van der Waals surface area contributed by atoms with E-state index >= 15 is 0 Å². The smallest absolute Gasteiger partial charge is 0.403 e. The molecule has 184 valence electrons. The lowest BCUT2D eigenvalue weighted by molar-refractivity contribution is -0.275. The first-order valence-corrected chi connectivity index (χ1v) is 10.9. The molecular weight excluding hydrogens is 466 g/mol. The molecule has 0 spiro atoms. The maximum atomic E-state index is 13.8. The fraction of sp³-hybridized carbons (Fsp3) is 0.375. The van der Waals surface area contributed by atoms with Crippen molar-refractivity contribution in [3.05, 3.63) is 63.8 Å². The highest BCUT2D eigenvalue weighted by molar-refractivity contribution is 5.89. The summed E-state index contributed by atoms with van der Waals surface area (Å²) in [6.07, 6.45) is -4.98. The monoisotopic (exact) mass is 489 g/mol. The van der Waals surface area contributed by atoms with Gasteiger partial charge in [-0.3, -0.25) is 9.69 Å². The minimum atomic E-state index is -4.98. The molecule has 1 saturated heterocycles. The molecule has 0 radical (unpaired) electrons. The van der Waals surface area contributed by atoms with Crippen LogP contribution in [0.3, 0.4) is 0 Å². The summed E-state index contributed by atoms with van der Waals surface area (Å²) >= 11 is 0. The van der Waals surface area contributed by atoms with E-state index in [2.05, 4.69) is 19.5 Å². The number of fused-ring (bicyclic) bond motifs is 1. The average Bonchev–Trinajstić information content (AvgIpc) is 2.79. The number of hydrogen-bond acceptors (Lipinski definition) is 6. The Hall–Kier alpha value is -3.65. The van der Waals surface area contributed by atoms with Crippen LogP contribution < -0.4 is 15.2 Å². The molecule has 0 saturated carbocycles. The third kappa shape index (κ3) is 5.07. The van der Waals surface area contributed by atoms with E-state index in [1.807, 2.05) is 19.9 Å². The van der Waals surface area contributed by atoms with Gasteiger partial charge in [0.2, 0.25) is 0 Å². The van der Waals surface area contributed by atoms with Gasteiger partial charge in [-0.2, -0.15) is 5.26 Å². The van der Waals surface area contributed by atoms with Crippen molar-refractivity contribution >= 4 is 16.7 Å². The summed E-state index contributed by atoms with van der Waals surface area (Å²) in [4.78, 5) is 21.2. The summed E-state index contributed by atoms with van der Waals surface area (Å²) in [7, 11) is 1.64. The van der Waals surface area contributed by atoms with E-state index in [9.17, 15) is 27.6 Å². The standard InChI is InChI=1S/C24H23F4N5O2/c1-14-12-33(20-9-22(34)31(3)19-7-5-17(10-29)30-23(19)20)15(2)11-32(14)13-16-4-6-18(25)21(8-16)35-24(26,27)28/h4-9,14-15H,11-13H2,1-3H3/t14-,15+/m1/s1. The first-order valence-electron chi connectivity index (χ1n) is 10.9. The molecule has 3 aromatic rings. The fourth-order valence-electron chi connectivity index (χ4n) is 4.43. The Kier molecular flexibility index (Phi) is 6.42. The Bertz CT molecular complexity index is 1360. The van der Waals surface area contributed by atoms with Crippen LogP contribution in [0, 0.1) is 17.1 Å². The highest BCUT2D eigenvalue weighted by Gasteiger charge is 2.33. The maximum Gasteiger partial charge on any atom is 0.573 e. The molecule has 0 bridgehead atoms. The lowest BCUT2D eigenvalue weighted by Crippen LogP contribution is -2.56. The number of nitrogens with zero attached hydrogens (tertiary/aromatic N) is 5. The van der Waals surface area contributed by atoms with Crippen molar-refractivity contribution in [1.29, 1.82) is 5.26 Å². The van der Waals surface area contributed by atoms with E-state index in [1.165, 1.54) is 16.7 Å². The van der Waals surface area contributed by atoms with Crippen LogP contribution in [-0.4, -0.2) is 46.0 Å².